The van der Waals surface area contributed by atoms with Crippen molar-refractivity contribution in [3.05, 3.63) is 11.8 Å². The molecule has 0 spiro atoms. The molecule has 0 unspecified atom stereocenters. The van der Waals surface area contributed by atoms with Crippen molar-refractivity contribution in [2.24, 2.45) is 0 Å². The summed E-state index contributed by atoms with van der Waals surface area (Å²) in [6.07, 6.45) is 1.54. The number of hydrogen-bond acceptors (Lipinski definition) is 5. The lowest BCUT2D eigenvalue weighted by Gasteiger charge is -2.28. The Hall–Kier alpha value is -1.07. The molecule has 1 aromatic rings. The first-order valence-corrected chi connectivity index (χ1v) is 4.85. The minimum absolute atomic E-state index is 0.133. The monoisotopic (exact) mass is 197 g/mol. The molecule has 2 rings (SSSR count). The number of nitrogens with two attached hydrogens (primary N) is 1. The zero-order valence-corrected chi connectivity index (χ0v) is 8.02. The van der Waals surface area contributed by atoms with Crippen LogP contribution in [0.5, 0.6) is 0 Å². The summed E-state index contributed by atoms with van der Waals surface area (Å²) in [4.78, 5) is 2.23. The third-order valence-corrected chi connectivity index (χ3v) is 2.51. The summed E-state index contributed by atoms with van der Waals surface area (Å²) in [6.45, 7) is 2.54. The van der Waals surface area contributed by atoms with Crippen molar-refractivity contribution in [1.29, 1.82) is 0 Å². The van der Waals surface area contributed by atoms with E-state index in [2.05, 4.69) is 10.1 Å². The molecule has 0 bridgehead atoms. The number of aliphatic hydroxyl groups excluding tert-OH is 1. The summed E-state index contributed by atoms with van der Waals surface area (Å²) in [5, 5.41) is 12.9. The lowest BCUT2D eigenvalue weighted by atomic mass is 10.1. The quantitative estimate of drug-likeness (QED) is 0.709. The van der Waals surface area contributed by atoms with Crippen LogP contribution in [0.3, 0.4) is 0 Å². The third kappa shape index (κ3) is 2.24. The number of nitrogens with zero attached hydrogens (tertiary/aromatic N) is 2. The number of likely N-dealkylation sites (tertiary alicyclic amines) is 1. The maximum atomic E-state index is 9.31. The lowest BCUT2D eigenvalue weighted by molar-refractivity contribution is 0.0749. The van der Waals surface area contributed by atoms with Crippen molar-refractivity contribution in [1.82, 2.24) is 10.1 Å². The van der Waals surface area contributed by atoms with E-state index < -0.39 is 0 Å². The first-order chi connectivity index (χ1) is 6.74. The average Bonchev–Trinajstić information content (AvgIpc) is 2.56. The van der Waals surface area contributed by atoms with Crippen LogP contribution in [0.1, 0.15) is 18.6 Å². The van der Waals surface area contributed by atoms with Gasteiger partial charge in [0.25, 0.3) is 0 Å². The first kappa shape index (κ1) is 9.48. The van der Waals surface area contributed by atoms with Crippen LogP contribution in [0.15, 0.2) is 10.6 Å². The number of piperidine rings is 1. The van der Waals surface area contributed by atoms with Crippen molar-refractivity contribution < 1.29 is 9.63 Å². The second-order valence-corrected chi connectivity index (χ2v) is 3.73. The molecule has 0 aromatic carbocycles. The van der Waals surface area contributed by atoms with E-state index in [9.17, 15) is 5.11 Å². The van der Waals surface area contributed by atoms with E-state index in [1.165, 1.54) is 0 Å². The molecule has 5 nitrogen and oxygen atoms in total. The maximum Gasteiger partial charge on any atom is 0.167 e. The zero-order valence-electron chi connectivity index (χ0n) is 8.02. The van der Waals surface area contributed by atoms with Crippen molar-refractivity contribution in [2.75, 3.05) is 18.8 Å². The second-order valence-electron chi connectivity index (χ2n) is 3.73. The Labute approximate surface area is 82.5 Å². The van der Waals surface area contributed by atoms with Crippen LogP contribution in [-0.4, -0.2) is 34.4 Å². The molecule has 1 saturated heterocycles. The second kappa shape index (κ2) is 3.98. The van der Waals surface area contributed by atoms with Crippen molar-refractivity contribution in [2.45, 2.75) is 25.5 Å². The fourth-order valence-corrected chi connectivity index (χ4v) is 1.70. The number of aliphatic hydroxyl groups is 1. The largest absolute Gasteiger partial charge is 0.393 e. The van der Waals surface area contributed by atoms with Crippen LogP contribution < -0.4 is 5.73 Å². The van der Waals surface area contributed by atoms with E-state index in [0.717, 1.165) is 38.2 Å². The molecule has 0 atom stereocenters. The van der Waals surface area contributed by atoms with Crippen LogP contribution in [0.4, 0.5) is 5.82 Å². The van der Waals surface area contributed by atoms with Crippen LogP contribution in [-0.2, 0) is 6.54 Å². The van der Waals surface area contributed by atoms with Crippen LogP contribution in [0.2, 0.25) is 0 Å². The normalized spacial score (nSPS) is 20.1. The van der Waals surface area contributed by atoms with E-state index in [1.54, 1.807) is 6.07 Å². The molecule has 1 aliphatic heterocycles. The Morgan fingerprint density at radius 1 is 1.57 bits per heavy atom. The Kier molecular flexibility index (Phi) is 2.69. The summed E-state index contributed by atoms with van der Waals surface area (Å²) in [6, 6.07) is 1.74. The third-order valence-electron chi connectivity index (χ3n) is 2.51. The molecule has 0 amide bonds. The number of hydrogen-bond donors (Lipinski definition) is 2. The molecule has 1 aliphatic rings. The summed E-state index contributed by atoms with van der Waals surface area (Å²) in [5.74, 6) is 1.22. The van der Waals surface area contributed by atoms with E-state index in [1.807, 2.05) is 0 Å². The van der Waals surface area contributed by atoms with Gasteiger partial charge in [-0.1, -0.05) is 5.16 Å². The average molecular weight is 197 g/mol. The van der Waals surface area contributed by atoms with Crippen molar-refractivity contribution in [3.8, 4) is 0 Å². The first-order valence-electron chi connectivity index (χ1n) is 4.85. The van der Waals surface area contributed by atoms with Gasteiger partial charge in [0.2, 0.25) is 0 Å². The maximum absolute atomic E-state index is 9.31. The summed E-state index contributed by atoms with van der Waals surface area (Å²) >= 11 is 0. The van der Waals surface area contributed by atoms with Gasteiger partial charge in [0, 0.05) is 19.2 Å². The molecule has 0 aliphatic carbocycles. The van der Waals surface area contributed by atoms with Crippen molar-refractivity contribution >= 4 is 5.82 Å². The van der Waals surface area contributed by atoms with Gasteiger partial charge in [-0.2, -0.15) is 0 Å². The summed E-state index contributed by atoms with van der Waals surface area (Å²) in [5.41, 5.74) is 5.44. The summed E-state index contributed by atoms with van der Waals surface area (Å²) < 4.78 is 5.01. The smallest absolute Gasteiger partial charge is 0.167 e. The van der Waals surface area contributed by atoms with E-state index in [4.69, 9.17) is 10.3 Å². The molecule has 5 heteroatoms. The van der Waals surface area contributed by atoms with Gasteiger partial charge in [0.05, 0.1) is 12.6 Å². The van der Waals surface area contributed by atoms with Gasteiger partial charge >= 0.3 is 0 Å². The zero-order chi connectivity index (χ0) is 9.97. The van der Waals surface area contributed by atoms with Gasteiger partial charge < -0.3 is 15.4 Å². The molecular formula is C9H15N3O2. The van der Waals surface area contributed by atoms with Crippen LogP contribution in [0.25, 0.3) is 0 Å². The Bertz CT molecular complexity index is 292. The molecule has 1 fully saturated rings. The fraction of sp³-hybridized carbons (Fsp3) is 0.667. The van der Waals surface area contributed by atoms with Crippen molar-refractivity contribution in [3.63, 3.8) is 0 Å². The Morgan fingerprint density at radius 3 is 2.86 bits per heavy atom. The Balaban J connectivity index is 1.86. The molecule has 2 heterocycles. The SMILES string of the molecule is Nc1cc(CN2CCC(O)CC2)on1. The van der Waals surface area contributed by atoms with E-state index in [0.29, 0.717) is 5.82 Å². The fourth-order valence-electron chi connectivity index (χ4n) is 1.70. The van der Waals surface area contributed by atoms with E-state index >= 15 is 0 Å². The predicted octanol–water partition coefficient (Wildman–Crippen LogP) is 0.213. The highest BCUT2D eigenvalue weighted by atomic mass is 16.5. The van der Waals surface area contributed by atoms with Crippen LogP contribution >= 0.6 is 0 Å². The molecule has 78 valence electrons. The topological polar surface area (TPSA) is 75.5 Å². The minimum atomic E-state index is -0.133. The van der Waals surface area contributed by atoms with Gasteiger partial charge in [-0.25, -0.2) is 0 Å². The predicted molar refractivity (Wildman–Crippen MR) is 51.4 cm³/mol. The van der Waals surface area contributed by atoms with Gasteiger partial charge in [0.1, 0.15) is 0 Å². The van der Waals surface area contributed by atoms with Gasteiger partial charge in [-0.15, -0.1) is 0 Å². The number of aromatic nitrogens is 1. The standard InChI is InChI=1S/C9H15N3O2/c10-9-5-8(14-11-9)6-12-3-1-7(13)2-4-12/h5,7,13H,1-4,6H2,(H2,10,11). The highest BCUT2D eigenvalue weighted by Crippen LogP contribution is 2.14. The molecule has 14 heavy (non-hydrogen) atoms. The molecular weight excluding hydrogens is 182 g/mol. The molecule has 3 N–H and O–H groups in total. The highest BCUT2D eigenvalue weighted by Gasteiger charge is 2.18. The molecule has 0 radical (unpaired) electrons. The number of nitrogen functional groups attached to an aromatic ring is 1. The number of anilines is 1. The molecule has 1 aromatic heterocycles. The van der Waals surface area contributed by atoms with Gasteiger partial charge in [-0.3, -0.25) is 4.90 Å². The lowest BCUT2D eigenvalue weighted by Crippen LogP contribution is -2.35. The van der Waals surface area contributed by atoms with E-state index in [-0.39, 0.29) is 6.10 Å². The summed E-state index contributed by atoms with van der Waals surface area (Å²) in [7, 11) is 0. The van der Waals surface area contributed by atoms with Crippen LogP contribution in [0, 0.1) is 0 Å². The van der Waals surface area contributed by atoms with Gasteiger partial charge in [-0.05, 0) is 12.8 Å². The number of rotatable bonds is 2. The Morgan fingerprint density at radius 2 is 2.29 bits per heavy atom. The minimum Gasteiger partial charge on any atom is -0.393 e. The van der Waals surface area contributed by atoms with Gasteiger partial charge in [0.15, 0.2) is 11.6 Å². The molecule has 0 saturated carbocycles. The highest BCUT2D eigenvalue weighted by molar-refractivity contribution is 5.26.